The number of unbranched alkanes of at least 4 members (excludes halogenated alkanes) is 1. The Kier molecular flexibility index (Phi) is 4.51. The van der Waals surface area contributed by atoms with Crippen LogP contribution >= 0.6 is 0 Å². The molecule has 0 saturated heterocycles. The fourth-order valence-electron chi connectivity index (χ4n) is 2.16. The van der Waals surface area contributed by atoms with Crippen molar-refractivity contribution in [2.24, 2.45) is 0 Å². The molecular weight excluding hydrogens is 222 g/mol. The molecule has 1 aromatic heterocycles. The van der Waals surface area contributed by atoms with Crippen molar-refractivity contribution in [2.45, 2.75) is 45.4 Å². The fraction of sp³-hybridized carbons (Fsp3) is 0.467. The van der Waals surface area contributed by atoms with E-state index in [1.165, 1.54) is 19.3 Å². The molecule has 0 aliphatic rings. The Labute approximate surface area is 109 Å². The van der Waals surface area contributed by atoms with Crippen LogP contribution in [0, 0.1) is 0 Å². The van der Waals surface area contributed by atoms with Crippen molar-refractivity contribution in [3.8, 4) is 11.4 Å². The van der Waals surface area contributed by atoms with Crippen molar-refractivity contribution >= 4 is 0 Å². The van der Waals surface area contributed by atoms with Crippen molar-refractivity contribution in [1.82, 2.24) is 15.2 Å². The lowest BCUT2D eigenvalue weighted by atomic mass is 9.99. The third-order valence-corrected chi connectivity index (χ3v) is 3.32. The van der Waals surface area contributed by atoms with Crippen molar-refractivity contribution in [3.63, 3.8) is 0 Å². The Bertz CT molecular complexity index is 462. The van der Waals surface area contributed by atoms with Gasteiger partial charge in [0.05, 0.1) is 0 Å². The van der Waals surface area contributed by atoms with Gasteiger partial charge in [-0.2, -0.15) is 5.10 Å². The molecule has 1 N–H and O–H groups in total. The number of benzene rings is 1. The highest BCUT2D eigenvalue weighted by atomic mass is 15.2. The van der Waals surface area contributed by atoms with Gasteiger partial charge in [-0.25, -0.2) is 4.98 Å². The molecule has 1 atom stereocenters. The maximum atomic E-state index is 4.64. The lowest BCUT2D eigenvalue weighted by Gasteiger charge is -2.09. The number of aromatic amines is 1. The van der Waals surface area contributed by atoms with E-state index in [4.69, 9.17) is 0 Å². The van der Waals surface area contributed by atoms with Gasteiger partial charge in [0, 0.05) is 11.5 Å². The van der Waals surface area contributed by atoms with Crippen LogP contribution in [0.15, 0.2) is 30.3 Å². The highest BCUT2D eigenvalue weighted by Gasteiger charge is 2.14. The molecule has 0 fully saturated rings. The minimum Gasteiger partial charge on any atom is -0.262 e. The third kappa shape index (κ3) is 2.97. The highest BCUT2D eigenvalue weighted by molar-refractivity contribution is 5.53. The fourth-order valence-corrected chi connectivity index (χ4v) is 2.16. The number of hydrogen-bond donors (Lipinski definition) is 1. The van der Waals surface area contributed by atoms with Gasteiger partial charge < -0.3 is 0 Å². The normalized spacial score (nSPS) is 12.6. The van der Waals surface area contributed by atoms with E-state index in [-0.39, 0.29) is 0 Å². The van der Waals surface area contributed by atoms with E-state index in [0.717, 1.165) is 23.6 Å². The summed E-state index contributed by atoms with van der Waals surface area (Å²) in [6.07, 6.45) is 4.79. The molecular formula is C15H21N3. The predicted molar refractivity (Wildman–Crippen MR) is 74.4 cm³/mol. The Morgan fingerprint density at radius 1 is 1.17 bits per heavy atom. The van der Waals surface area contributed by atoms with E-state index in [1.54, 1.807) is 0 Å². The Hall–Kier alpha value is -1.64. The van der Waals surface area contributed by atoms with Gasteiger partial charge in [0.15, 0.2) is 5.82 Å². The van der Waals surface area contributed by atoms with Gasteiger partial charge in [-0.3, -0.25) is 5.10 Å². The van der Waals surface area contributed by atoms with Gasteiger partial charge in [-0.1, -0.05) is 57.0 Å². The van der Waals surface area contributed by atoms with Gasteiger partial charge in [0.25, 0.3) is 0 Å². The molecule has 0 saturated carbocycles. The number of aromatic nitrogens is 3. The molecule has 3 nitrogen and oxygen atoms in total. The van der Waals surface area contributed by atoms with Crippen molar-refractivity contribution in [1.29, 1.82) is 0 Å². The van der Waals surface area contributed by atoms with Gasteiger partial charge in [0.1, 0.15) is 5.82 Å². The first kappa shape index (κ1) is 12.8. The number of H-pyrrole nitrogens is 1. The number of hydrogen-bond acceptors (Lipinski definition) is 2. The molecule has 0 aliphatic carbocycles. The summed E-state index contributed by atoms with van der Waals surface area (Å²) in [5.41, 5.74) is 1.07. The summed E-state index contributed by atoms with van der Waals surface area (Å²) in [7, 11) is 0. The maximum Gasteiger partial charge on any atom is 0.181 e. The second kappa shape index (κ2) is 6.34. The second-order valence-electron chi connectivity index (χ2n) is 4.66. The molecule has 0 amide bonds. The van der Waals surface area contributed by atoms with Crippen molar-refractivity contribution in [3.05, 3.63) is 36.2 Å². The van der Waals surface area contributed by atoms with Crippen LogP contribution in [0.3, 0.4) is 0 Å². The smallest absolute Gasteiger partial charge is 0.181 e. The third-order valence-electron chi connectivity index (χ3n) is 3.32. The molecule has 2 rings (SSSR count). The van der Waals surface area contributed by atoms with E-state index in [2.05, 4.69) is 29.0 Å². The molecule has 0 radical (unpaired) electrons. The molecule has 1 heterocycles. The predicted octanol–water partition coefficient (Wildman–Crippen LogP) is 4.16. The quantitative estimate of drug-likeness (QED) is 0.827. The summed E-state index contributed by atoms with van der Waals surface area (Å²) >= 11 is 0. The summed E-state index contributed by atoms with van der Waals surface area (Å²) < 4.78 is 0. The Balaban J connectivity index is 2.14. The molecule has 18 heavy (non-hydrogen) atoms. The second-order valence-corrected chi connectivity index (χ2v) is 4.66. The summed E-state index contributed by atoms with van der Waals surface area (Å²) in [6, 6.07) is 10.1. The summed E-state index contributed by atoms with van der Waals surface area (Å²) in [5, 5.41) is 7.43. The van der Waals surface area contributed by atoms with Crippen LogP contribution in [-0.4, -0.2) is 15.2 Å². The van der Waals surface area contributed by atoms with Gasteiger partial charge in [-0.05, 0) is 12.8 Å². The van der Waals surface area contributed by atoms with Crippen LogP contribution in [0.1, 0.15) is 51.3 Å². The molecule has 1 aromatic carbocycles. The minimum absolute atomic E-state index is 0.509. The van der Waals surface area contributed by atoms with E-state index in [1.807, 2.05) is 30.3 Å². The Morgan fingerprint density at radius 3 is 2.61 bits per heavy atom. The Morgan fingerprint density at radius 2 is 1.94 bits per heavy atom. The molecule has 0 bridgehead atoms. The van der Waals surface area contributed by atoms with E-state index < -0.39 is 0 Å². The number of nitrogens with zero attached hydrogens (tertiary/aromatic N) is 2. The highest BCUT2D eigenvalue weighted by Crippen LogP contribution is 2.24. The monoisotopic (exact) mass is 243 g/mol. The van der Waals surface area contributed by atoms with Gasteiger partial charge >= 0.3 is 0 Å². The number of nitrogens with one attached hydrogen (secondary N) is 1. The zero-order valence-electron chi connectivity index (χ0n) is 11.2. The van der Waals surface area contributed by atoms with Gasteiger partial charge in [0.2, 0.25) is 0 Å². The van der Waals surface area contributed by atoms with Crippen molar-refractivity contribution < 1.29 is 0 Å². The van der Waals surface area contributed by atoms with Gasteiger partial charge in [-0.15, -0.1) is 0 Å². The zero-order chi connectivity index (χ0) is 12.8. The lowest BCUT2D eigenvalue weighted by Crippen LogP contribution is -2.00. The van der Waals surface area contributed by atoms with Crippen LogP contribution in [0.5, 0.6) is 0 Å². The lowest BCUT2D eigenvalue weighted by molar-refractivity contribution is 0.545. The summed E-state index contributed by atoms with van der Waals surface area (Å²) in [5.74, 6) is 2.35. The number of rotatable bonds is 6. The first-order chi connectivity index (χ1) is 8.85. The largest absolute Gasteiger partial charge is 0.262 e. The first-order valence-corrected chi connectivity index (χ1v) is 6.82. The molecule has 2 aromatic rings. The molecule has 0 spiro atoms. The van der Waals surface area contributed by atoms with Crippen LogP contribution in [0.2, 0.25) is 0 Å². The van der Waals surface area contributed by atoms with E-state index in [9.17, 15) is 0 Å². The zero-order valence-corrected chi connectivity index (χ0v) is 11.2. The minimum atomic E-state index is 0.509. The van der Waals surface area contributed by atoms with Crippen LogP contribution in [0.25, 0.3) is 11.4 Å². The average molecular weight is 243 g/mol. The molecule has 1 unspecified atom stereocenters. The molecule has 0 aliphatic heterocycles. The van der Waals surface area contributed by atoms with E-state index >= 15 is 0 Å². The maximum absolute atomic E-state index is 4.64. The standard InChI is InChI=1S/C15H21N3/c1-3-5-9-12(4-2)14-16-15(18-17-14)13-10-7-6-8-11-13/h6-8,10-12H,3-5,9H2,1-2H3,(H,16,17,18). The SMILES string of the molecule is CCCCC(CC)c1nc(-c2ccccc2)n[nH]1. The van der Waals surface area contributed by atoms with E-state index in [0.29, 0.717) is 5.92 Å². The van der Waals surface area contributed by atoms with Crippen molar-refractivity contribution in [2.75, 3.05) is 0 Å². The van der Waals surface area contributed by atoms with Crippen LogP contribution in [-0.2, 0) is 0 Å². The average Bonchev–Trinajstić information content (AvgIpc) is 2.90. The topological polar surface area (TPSA) is 41.6 Å². The summed E-state index contributed by atoms with van der Waals surface area (Å²) in [4.78, 5) is 4.64. The summed E-state index contributed by atoms with van der Waals surface area (Å²) in [6.45, 7) is 4.44. The van der Waals surface area contributed by atoms with Crippen LogP contribution < -0.4 is 0 Å². The molecule has 3 heteroatoms. The van der Waals surface area contributed by atoms with Crippen LogP contribution in [0.4, 0.5) is 0 Å². The first-order valence-electron chi connectivity index (χ1n) is 6.82. The molecule has 96 valence electrons.